The molecule has 0 aliphatic heterocycles. The maximum atomic E-state index is 5.64. The van der Waals surface area contributed by atoms with E-state index in [1.165, 1.54) is 16.7 Å². The molecule has 1 aromatic heterocycles. The van der Waals surface area contributed by atoms with Crippen LogP contribution in [-0.2, 0) is 0 Å². The first-order valence-corrected chi connectivity index (χ1v) is 5.94. The molecule has 0 amide bonds. The number of hydrogen-bond acceptors (Lipinski definition) is 2. The van der Waals surface area contributed by atoms with Gasteiger partial charge in [0.25, 0.3) is 0 Å². The minimum Gasteiger partial charge on any atom is -0.342 e. The third-order valence-electron chi connectivity index (χ3n) is 3.23. The second-order valence-corrected chi connectivity index (χ2v) is 4.62. The van der Waals surface area contributed by atoms with Crippen LogP contribution in [0.5, 0.6) is 0 Å². The van der Waals surface area contributed by atoms with Crippen LogP contribution in [0, 0.1) is 13.8 Å². The van der Waals surface area contributed by atoms with Crippen LogP contribution in [0.4, 0.5) is 0 Å². The fraction of sp³-hybridized carbons (Fsp3) is 0.357. The largest absolute Gasteiger partial charge is 0.342 e. The van der Waals surface area contributed by atoms with E-state index < -0.39 is 0 Å². The van der Waals surface area contributed by atoms with E-state index in [1.807, 2.05) is 6.20 Å². The lowest BCUT2D eigenvalue weighted by molar-refractivity contribution is 0.725. The van der Waals surface area contributed by atoms with E-state index in [1.54, 1.807) is 0 Å². The highest BCUT2D eigenvalue weighted by molar-refractivity contribution is 5.60. The summed E-state index contributed by atoms with van der Waals surface area (Å²) in [5.41, 5.74) is 10.5. The molecule has 1 unspecified atom stereocenters. The lowest BCUT2D eigenvalue weighted by Gasteiger charge is -2.05. The molecular formula is C14H19N3. The molecule has 2 aromatic rings. The Bertz CT molecular complexity index is 514. The van der Waals surface area contributed by atoms with Gasteiger partial charge in [-0.2, -0.15) is 0 Å². The predicted molar refractivity (Wildman–Crippen MR) is 71.0 cm³/mol. The summed E-state index contributed by atoms with van der Waals surface area (Å²) in [6.07, 6.45) is 1.88. The molecule has 0 spiro atoms. The van der Waals surface area contributed by atoms with Crippen molar-refractivity contribution >= 4 is 0 Å². The van der Waals surface area contributed by atoms with E-state index in [2.05, 4.69) is 48.9 Å². The average molecular weight is 229 g/mol. The standard InChI is InChI=1S/C14H19N3/c1-9-4-5-12(6-10(9)2)13-8-16-14(17-13)11(3)7-15/h4-6,8,11H,7,15H2,1-3H3,(H,16,17). The second-order valence-electron chi connectivity index (χ2n) is 4.62. The normalized spacial score (nSPS) is 12.7. The monoisotopic (exact) mass is 229 g/mol. The van der Waals surface area contributed by atoms with Gasteiger partial charge in [-0.25, -0.2) is 4.98 Å². The molecule has 0 radical (unpaired) electrons. The fourth-order valence-electron chi connectivity index (χ4n) is 1.75. The molecule has 3 N–H and O–H groups in total. The zero-order valence-corrected chi connectivity index (χ0v) is 10.6. The molecule has 0 aliphatic rings. The molecule has 2 rings (SSSR count). The van der Waals surface area contributed by atoms with Crippen LogP contribution in [0.1, 0.15) is 29.8 Å². The summed E-state index contributed by atoms with van der Waals surface area (Å²) < 4.78 is 0. The van der Waals surface area contributed by atoms with Crippen LogP contribution >= 0.6 is 0 Å². The predicted octanol–water partition coefficient (Wildman–Crippen LogP) is 2.76. The van der Waals surface area contributed by atoms with E-state index >= 15 is 0 Å². The molecule has 3 nitrogen and oxygen atoms in total. The van der Waals surface area contributed by atoms with Crippen molar-refractivity contribution in [2.45, 2.75) is 26.7 Å². The Morgan fingerprint density at radius 1 is 1.29 bits per heavy atom. The highest BCUT2D eigenvalue weighted by Crippen LogP contribution is 2.22. The highest BCUT2D eigenvalue weighted by atomic mass is 14.9. The first-order valence-electron chi connectivity index (χ1n) is 5.94. The van der Waals surface area contributed by atoms with Crippen molar-refractivity contribution in [3.05, 3.63) is 41.3 Å². The number of aromatic nitrogens is 2. The van der Waals surface area contributed by atoms with Gasteiger partial charge in [0.15, 0.2) is 0 Å². The van der Waals surface area contributed by atoms with Gasteiger partial charge in [0.1, 0.15) is 5.82 Å². The molecule has 0 bridgehead atoms. The van der Waals surface area contributed by atoms with E-state index in [0.29, 0.717) is 6.54 Å². The summed E-state index contributed by atoms with van der Waals surface area (Å²) in [5, 5.41) is 0. The number of nitrogens with one attached hydrogen (secondary N) is 1. The molecule has 0 saturated heterocycles. The quantitative estimate of drug-likeness (QED) is 0.850. The maximum absolute atomic E-state index is 5.64. The molecule has 1 atom stereocenters. The van der Waals surface area contributed by atoms with Gasteiger partial charge in [-0.15, -0.1) is 0 Å². The summed E-state index contributed by atoms with van der Waals surface area (Å²) in [6.45, 7) is 6.93. The molecular weight excluding hydrogens is 210 g/mol. The summed E-state index contributed by atoms with van der Waals surface area (Å²) in [7, 11) is 0. The Hall–Kier alpha value is -1.61. The van der Waals surface area contributed by atoms with Crippen molar-refractivity contribution in [2.75, 3.05) is 6.54 Å². The van der Waals surface area contributed by atoms with Crippen molar-refractivity contribution in [2.24, 2.45) is 5.73 Å². The Morgan fingerprint density at radius 3 is 2.71 bits per heavy atom. The van der Waals surface area contributed by atoms with Gasteiger partial charge < -0.3 is 10.7 Å². The number of benzene rings is 1. The number of rotatable bonds is 3. The lowest BCUT2D eigenvalue weighted by atomic mass is 10.0. The fourth-order valence-corrected chi connectivity index (χ4v) is 1.75. The Kier molecular flexibility index (Phi) is 3.29. The topological polar surface area (TPSA) is 54.7 Å². The van der Waals surface area contributed by atoms with Crippen molar-refractivity contribution in [1.82, 2.24) is 9.97 Å². The minimum atomic E-state index is 0.273. The van der Waals surface area contributed by atoms with Gasteiger partial charge in [0.2, 0.25) is 0 Å². The smallest absolute Gasteiger partial charge is 0.110 e. The first kappa shape index (κ1) is 11.9. The van der Waals surface area contributed by atoms with Crippen LogP contribution in [0.3, 0.4) is 0 Å². The van der Waals surface area contributed by atoms with Gasteiger partial charge in [-0.05, 0) is 36.6 Å². The van der Waals surface area contributed by atoms with Crippen LogP contribution in [0.25, 0.3) is 11.3 Å². The molecule has 3 heteroatoms. The third-order valence-corrected chi connectivity index (χ3v) is 3.23. The zero-order chi connectivity index (χ0) is 12.4. The van der Waals surface area contributed by atoms with E-state index in [-0.39, 0.29) is 5.92 Å². The Labute approximate surface area is 102 Å². The third kappa shape index (κ3) is 2.39. The molecule has 1 aromatic carbocycles. The van der Waals surface area contributed by atoms with Crippen molar-refractivity contribution in [1.29, 1.82) is 0 Å². The van der Waals surface area contributed by atoms with Crippen LogP contribution in [0.2, 0.25) is 0 Å². The van der Waals surface area contributed by atoms with E-state index in [9.17, 15) is 0 Å². The molecule has 0 saturated carbocycles. The number of hydrogen-bond donors (Lipinski definition) is 2. The van der Waals surface area contributed by atoms with Crippen LogP contribution < -0.4 is 5.73 Å². The highest BCUT2D eigenvalue weighted by Gasteiger charge is 2.09. The van der Waals surface area contributed by atoms with Crippen LogP contribution in [0.15, 0.2) is 24.4 Å². The Balaban J connectivity index is 2.33. The number of nitrogens with zero attached hydrogens (tertiary/aromatic N) is 1. The minimum absolute atomic E-state index is 0.273. The van der Waals surface area contributed by atoms with Crippen molar-refractivity contribution in [3.8, 4) is 11.3 Å². The number of nitrogens with two attached hydrogens (primary N) is 1. The van der Waals surface area contributed by atoms with Gasteiger partial charge in [0, 0.05) is 12.5 Å². The molecule has 0 aliphatic carbocycles. The van der Waals surface area contributed by atoms with Gasteiger partial charge in [-0.3, -0.25) is 0 Å². The molecule has 90 valence electrons. The summed E-state index contributed by atoms with van der Waals surface area (Å²) >= 11 is 0. The number of imidazole rings is 1. The Morgan fingerprint density at radius 2 is 2.06 bits per heavy atom. The molecule has 0 fully saturated rings. The molecule has 17 heavy (non-hydrogen) atoms. The number of H-pyrrole nitrogens is 1. The van der Waals surface area contributed by atoms with Crippen molar-refractivity contribution in [3.63, 3.8) is 0 Å². The van der Waals surface area contributed by atoms with Gasteiger partial charge in [-0.1, -0.05) is 19.1 Å². The van der Waals surface area contributed by atoms with Gasteiger partial charge >= 0.3 is 0 Å². The second kappa shape index (κ2) is 4.72. The number of aromatic amines is 1. The van der Waals surface area contributed by atoms with Crippen LogP contribution in [-0.4, -0.2) is 16.5 Å². The number of aryl methyl sites for hydroxylation is 2. The lowest BCUT2D eigenvalue weighted by Crippen LogP contribution is -2.10. The van der Waals surface area contributed by atoms with Crippen molar-refractivity contribution < 1.29 is 0 Å². The summed E-state index contributed by atoms with van der Waals surface area (Å²) in [5.74, 6) is 1.23. The van der Waals surface area contributed by atoms with Gasteiger partial charge in [0.05, 0.1) is 11.9 Å². The van der Waals surface area contributed by atoms with E-state index in [4.69, 9.17) is 5.73 Å². The maximum Gasteiger partial charge on any atom is 0.110 e. The SMILES string of the molecule is Cc1ccc(-c2cnc(C(C)CN)[nH]2)cc1C. The summed E-state index contributed by atoms with van der Waals surface area (Å²) in [4.78, 5) is 7.72. The average Bonchev–Trinajstić information content (AvgIpc) is 2.81. The molecule has 1 heterocycles. The first-order chi connectivity index (χ1) is 8.11. The zero-order valence-electron chi connectivity index (χ0n) is 10.6. The van der Waals surface area contributed by atoms with E-state index in [0.717, 1.165) is 11.5 Å². The summed E-state index contributed by atoms with van der Waals surface area (Å²) in [6, 6.07) is 6.43.